The van der Waals surface area contributed by atoms with E-state index in [4.69, 9.17) is 0 Å². The number of aryl methyl sites for hydroxylation is 1. The molecule has 1 aromatic heterocycles. The second-order valence-electron chi connectivity index (χ2n) is 5.36. The average Bonchev–Trinajstić information content (AvgIpc) is 2.54. The lowest BCUT2D eigenvalue weighted by Crippen LogP contribution is -2.31. The molecule has 1 aliphatic rings. The topological polar surface area (TPSA) is 62.0 Å². The molecule has 0 unspecified atom stereocenters. The fraction of sp³-hybridized carbons (Fsp3) is 0.294. The van der Waals surface area contributed by atoms with Gasteiger partial charge in [-0.3, -0.25) is 9.59 Å². The number of hydrogen-bond donors (Lipinski definition) is 2. The standard InChI is InChI=1S/C17H18N2O2/c20-16-13-8-4-5-9-15(13)18-11-14(16)17(21)19-10-12-6-2-1-3-7-12/h1-3,6-7,11H,4-5,8-10H2,(H,18,20)(H,19,21). The van der Waals surface area contributed by atoms with Crippen LogP contribution in [0, 0.1) is 0 Å². The van der Waals surface area contributed by atoms with Gasteiger partial charge in [0.1, 0.15) is 5.56 Å². The Morgan fingerprint density at radius 2 is 1.90 bits per heavy atom. The maximum Gasteiger partial charge on any atom is 0.257 e. The van der Waals surface area contributed by atoms with Gasteiger partial charge in [-0.1, -0.05) is 30.3 Å². The summed E-state index contributed by atoms with van der Waals surface area (Å²) in [7, 11) is 0. The Morgan fingerprint density at radius 1 is 1.14 bits per heavy atom. The summed E-state index contributed by atoms with van der Waals surface area (Å²) < 4.78 is 0. The Bertz CT molecular complexity index is 704. The van der Waals surface area contributed by atoms with E-state index in [1.807, 2.05) is 30.3 Å². The molecular weight excluding hydrogens is 264 g/mol. The molecule has 1 aromatic carbocycles. The number of rotatable bonds is 3. The van der Waals surface area contributed by atoms with Crippen molar-refractivity contribution in [3.63, 3.8) is 0 Å². The van der Waals surface area contributed by atoms with Crippen molar-refractivity contribution in [3.8, 4) is 0 Å². The molecule has 2 aromatic rings. The fourth-order valence-corrected chi connectivity index (χ4v) is 2.74. The maximum atomic E-state index is 12.4. The lowest BCUT2D eigenvalue weighted by Gasteiger charge is -2.15. The molecule has 3 rings (SSSR count). The van der Waals surface area contributed by atoms with E-state index in [-0.39, 0.29) is 16.9 Å². The number of fused-ring (bicyclic) bond motifs is 1. The predicted molar refractivity (Wildman–Crippen MR) is 81.3 cm³/mol. The summed E-state index contributed by atoms with van der Waals surface area (Å²) in [6.45, 7) is 0.427. The molecule has 0 saturated heterocycles. The van der Waals surface area contributed by atoms with E-state index >= 15 is 0 Å². The molecule has 1 heterocycles. The van der Waals surface area contributed by atoms with Crippen LogP contribution in [0.1, 0.15) is 40.0 Å². The Labute approximate surface area is 123 Å². The van der Waals surface area contributed by atoms with Gasteiger partial charge in [0.05, 0.1) is 0 Å². The van der Waals surface area contributed by atoms with Gasteiger partial charge in [0.15, 0.2) is 5.43 Å². The van der Waals surface area contributed by atoms with Gasteiger partial charge in [-0.2, -0.15) is 0 Å². The van der Waals surface area contributed by atoms with E-state index in [0.717, 1.165) is 42.5 Å². The molecule has 0 fully saturated rings. The average molecular weight is 282 g/mol. The summed E-state index contributed by atoms with van der Waals surface area (Å²) in [5, 5.41) is 2.80. The van der Waals surface area contributed by atoms with Crippen LogP contribution < -0.4 is 10.7 Å². The Morgan fingerprint density at radius 3 is 2.71 bits per heavy atom. The molecule has 1 aliphatic carbocycles. The Balaban J connectivity index is 1.77. The number of aromatic nitrogens is 1. The monoisotopic (exact) mass is 282 g/mol. The van der Waals surface area contributed by atoms with E-state index in [9.17, 15) is 9.59 Å². The zero-order valence-electron chi connectivity index (χ0n) is 11.8. The lowest BCUT2D eigenvalue weighted by atomic mass is 9.94. The minimum absolute atomic E-state index is 0.117. The fourth-order valence-electron chi connectivity index (χ4n) is 2.74. The zero-order chi connectivity index (χ0) is 14.7. The zero-order valence-corrected chi connectivity index (χ0v) is 11.8. The minimum Gasteiger partial charge on any atom is -0.364 e. The van der Waals surface area contributed by atoms with Gasteiger partial charge in [0.2, 0.25) is 0 Å². The minimum atomic E-state index is -0.312. The molecule has 2 N–H and O–H groups in total. The van der Waals surface area contributed by atoms with E-state index in [1.54, 1.807) is 6.20 Å². The summed E-state index contributed by atoms with van der Waals surface area (Å²) in [6, 6.07) is 9.66. The normalized spacial score (nSPS) is 13.5. The van der Waals surface area contributed by atoms with Crippen LogP contribution in [0.25, 0.3) is 0 Å². The molecule has 21 heavy (non-hydrogen) atoms. The number of aromatic amines is 1. The van der Waals surface area contributed by atoms with Crippen molar-refractivity contribution in [2.75, 3.05) is 0 Å². The second kappa shape index (κ2) is 5.95. The highest BCUT2D eigenvalue weighted by atomic mass is 16.2. The van der Waals surface area contributed by atoms with Crippen LogP contribution in [-0.2, 0) is 19.4 Å². The summed E-state index contributed by atoms with van der Waals surface area (Å²) >= 11 is 0. The highest BCUT2D eigenvalue weighted by molar-refractivity contribution is 5.94. The Hall–Kier alpha value is -2.36. The SMILES string of the molecule is O=C(NCc1ccccc1)c1c[nH]c2c(c1=O)CCCC2. The number of hydrogen-bond acceptors (Lipinski definition) is 2. The van der Waals surface area contributed by atoms with Gasteiger partial charge in [0.25, 0.3) is 5.91 Å². The quantitative estimate of drug-likeness (QED) is 0.906. The smallest absolute Gasteiger partial charge is 0.257 e. The molecule has 108 valence electrons. The molecular formula is C17H18N2O2. The number of nitrogens with one attached hydrogen (secondary N) is 2. The molecule has 0 aliphatic heterocycles. The van der Waals surface area contributed by atoms with Gasteiger partial charge in [-0.25, -0.2) is 0 Å². The summed E-state index contributed by atoms with van der Waals surface area (Å²) in [5.41, 5.74) is 2.89. The van der Waals surface area contributed by atoms with Crippen LogP contribution >= 0.6 is 0 Å². The first-order valence-electron chi connectivity index (χ1n) is 7.31. The van der Waals surface area contributed by atoms with Crippen molar-refractivity contribution in [2.45, 2.75) is 32.2 Å². The van der Waals surface area contributed by atoms with Crippen LogP contribution in [0.5, 0.6) is 0 Å². The molecule has 0 bridgehead atoms. The van der Waals surface area contributed by atoms with Crippen molar-refractivity contribution in [3.05, 3.63) is 69.1 Å². The van der Waals surface area contributed by atoms with Gasteiger partial charge < -0.3 is 10.3 Å². The highest BCUT2D eigenvalue weighted by Crippen LogP contribution is 2.16. The van der Waals surface area contributed by atoms with Gasteiger partial charge >= 0.3 is 0 Å². The predicted octanol–water partition coefficient (Wildman–Crippen LogP) is 2.18. The highest BCUT2D eigenvalue weighted by Gasteiger charge is 2.18. The van der Waals surface area contributed by atoms with Crippen LogP contribution in [0.4, 0.5) is 0 Å². The maximum absolute atomic E-state index is 12.4. The molecule has 4 nitrogen and oxygen atoms in total. The third kappa shape index (κ3) is 2.89. The lowest BCUT2D eigenvalue weighted by molar-refractivity contribution is 0.0949. The largest absolute Gasteiger partial charge is 0.364 e. The van der Waals surface area contributed by atoms with Gasteiger partial charge in [0, 0.05) is 24.0 Å². The molecule has 0 saturated carbocycles. The van der Waals surface area contributed by atoms with Gasteiger partial charge in [-0.05, 0) is 31.2 Å². The number of carbonyl (C=O) groups is 1. The third-order valence-corrected chi connectivity index (χ3v) is 3.92. The van der Waals surface area contributed by atoms with Crippen molar-refractivity contribution in [1.82, 2.24) is 10.3 Å². The molecule has 1 amide bonds. The van der Waals surface area contributed by atoms with Crippen LogP contribution in [0.2, 0.25) is 0 Å². The van der Waals surface area contributed by atoms with Crippen molar-refractivity contribution >= 4 is 5.91 Å². The van der Waals surface area contributed by atoms with E-state index in [0.29, 0.717) is 6.54 Å². The molecule has 0 spiro atoms. The summed E-state index contributed by atoms with van der Waals surface area (Å²) in [4.78, 5) is 27.7. The molecule has 4 heteroatoms. The van der Waals surface area contributed by atoms with E-state index < -0.39 is 0 Å². The number of amides is 1. The number of H-pyrrole nitrogens is 1. The van der Waals surface area contributed by atoms with Crippen molar-refractivity contribution in [1.29, 1.82) is 0 Å². The van der Waals surface area contributed by atoms with Crippen molar-refractivity contribution < 1.29 is 4.79 Å². The second-order valence-corrected chi connectivity index (χ2v) is 5.36. The first-order chi connectivity index (χ1) is 10.3. The third-order valence-electron chi connectivity index (χ3n) is 3.92. The van der Waals surface area contributed by atoms with Crippen LogP contribution in [0.3, 0.4) is 0 Å². The summed E-state index contributed by atoms with van der Waals surface area (Å²) in [6.07, 6.45) is 5.33. The van der Waals surface area contributed by atoms with E-state index in [1.165, 1.54) is 0 Å². The van der Waals surface area contributed by atoms with Crippen LogP contribution in [0.15, 0.2) is 41.3 Å². The number of pyridine rings is 1. The van der Waals surface area contributed by atoms with Crippen molar-refractivity contribution in [2.24, 2.45) is 0 Å². The molecule has 0 radical (unpaired) electrons. The Kier molecular flexibility index (Phi) is 3.86. The summed E-state index contributed by atoms with van der Waals surface area (Å²) in [5.74, 6) is -0.312. The first-order valence-corrected chi connectivity index (χ1v) is 7.31. The van der Waals surface area contributed by atoms with Crippen LogP contribution in [-0.4, -0.2) is 10.9 Å². The number of benzene rings is 1. The molecule has 0 atom stereocenters. The van der Waals surface area contributed by atoms with E-state index in [2.05, 4.69) is 10.3 Å². The van der Waals surface area contributed by atoms with Gasteiger partial charge in [-0.15, -0.1) is 0 Å². The first kappa shape index (κ1) is 13.6. The number of carbonyl (C=O) groups excluding carboxylic acids is 1.